The topological polar surface area (TPSA) is 60.2 Å². The Bertz CT molecular complexity index is 595. The van der Waals surface area contributed by atoms with Gasteiger partial charge in [0.15, 0.2) is 9.84 Å². The lowest BCUT2D eigenvalue weighted by Gasteiger charge is -2.27. The van der Waals surface area contributed by atoms with Crippen LogP contribution in [0.3, 0.4) is 0 Å². The Kier molecular flexibility index (Phi) is 5.10. The van der Waals surface area contributed by atoms with E-state index in [0.717, 1.165) is 36.8 Å². The fourth-order valence-electron chi connectivity index (χ4n) is 3.18. The molecule has 0 radical (unpaired) electrons. The molecule has 1 aliphatic carbocycles. The van der Waals surface area contributed by atoms with Crippen LogP contribution in [-0.2, 0) is 9.84 Å². The minimum atomic E-state index is -3.11. The normalized spacial score (nSPS) is 24.8. The van der Waals surface area contributed by atoms with E-state index in [1.54, 1.807) is 0 Å². The molecule has 0 aromatic heterocycles. The zero-order chi connectivity index (χ0) is 15.6. The molecule has 1 fully saturated rings. The average Bonchev–Trinajstić information content (AvgIpc) is 2.41. The maximum atomic E-state index is 12.6. The summed E-state index contributed by atoms with van der Waals surface area (Å²) in [6, 6.07) is 5.55. The fraction of sp³-hybridized carbons (Fsp3) is 0.647. The lowest BCUT2D eigenvalue weighted by molar-refractivity contribution is 0.381. The van der Waals surface area contributed by atoms with Gasteiger partial charge in [-0.25, -0.2) is 8.42 Å². The van der Waals surface area contributed by atoms with Gasteiger partial charge in [0.25, 0.3) is 0 Å². The molecule has 3 nitrogen and oxygen atoms in total. The van der Waals surface area contributed by atoms with Crippen LogP contribution >= 0.6 is 0 Å². The number of sulfone groups is 1. The molecule has 21 heavy (non-hydrogen) atoms. The second kappa shape index (κ2) is 6.49. The Morgan fingerprint density at radius 3 is 2.57 bits per heavy atom. The van der Waals surface area contributed by atoms with Gasteiger partial charge in [-0.2, -0.15) is 0 Å². The van der Waals surface area contributed by atoms with E-state index in [9.17, 15) is 8.42 Å². The van der Waals surface area contributed by atoms with Gasteiger partial charge in [-0.1, -0.05) is 38.0 Å². The molecule has 0 aliphatic heterocycles. The summed E-state index contributed by atoms with van der Waals surface area (Å²) in [7, 11) is -3.11. The molecule has 1 aliphatic rings. The molecule has 3 atom stereocenters. The highest BCUT2D eigenvalue weighted by atomic mass is 32.2. The predicted molar refractivity (Wildman–Crippen MR) is 88.1 cm³/mol. The largest absolute Gasteiger partial charge is 0.323 e. The van der Waals surface area contributed by atoms with Gasteiger partial charge in [-0.15, -0.1) is 0 Å². The van der Waals surface area contributed by atoms with Crippen molar-refractivity contribution in [2.75, 3.05) is 5.75 Å². The van der Waals surface area contributed by atoms with Gasteiger partial charge in [0.1, 0.15) is 0 Å². The Balaban J connectivity index is 2.10. The van der Waals surface area contributed by atoms with Gasteiger partial charge in [0.05, 0.1) is 11.0 Å². The standard InChI is InChI=1S/C17H27NO2S/c1-12-5-4-6-16(9-12)21(19,20)11-17(18)15-8-7-13(2)14(3)10-15/h7-8,10,12,16-17H,4-6,9,11,18H2,1-3H3. The molecule has 2 rings (SSSR count). The highest BCUT2D eigenvalue weighted by Gasteiger charge is 2.31. The number of nitrogens with two attached hydrogens (primary N) is 1. The highest BCUT2D eigenvalue weighted by Crippen LogP contribution is 2.30. The summed E-state index contributed by atoms with van der Waals surface area (Å²) in [5.74, 6) is 0.573. The second-order valence-corrected chi connectivity index (χ2v) is 9.00. The van der Waals surface area contributed by atoms with Gasteiger partial charge in [-0.3, -0.25) is 0 Å². The smallest absolute Gasteiger partial charge is 0.155 e. The lowest BCUT2D eigenvalue weighted by Crippen LogP contribution is -2.33. The summed E-state index contributed by atoms with van der Waals surface area (Å²) in [6.45, 7) is 6.22. The number of hydrogen-bond donors (Lipinski definition) is 1. The molecular weight excluding hydrogens is 282 g/mol. The first kappa shape index (κ1) is 16.5. The summed E-state index contributed by atoms with van der Waals surface area (Å²) in [5, 5.41) is -0.196. The summed E-state index contributed by atoms with van der Waals surface area (Å²) < 4.78 is 25.2. The number of rotatable bonds is 4. The molecule has 0 heterocycles. The Hall–Kier alpha value is -0.870. The lowest BCUT2D eigenvalue weighted by atomic mass is 9.91. The third kappa shape index (κ3) is 4.07. The molecule has 2 N–H and O–H groups in total. The molecule has 3 unspecified atom stereocenters. The van der Waals surface area contributed by atoms with E-state index < -0.39 is 15.9 Å². The van der Waals surface area contributed by atoms with E-state index in [0.29, 0.717) is 5.92 Å². The van der Waals surface area contributed by atoms with Gasteiger partial charge >= 0.3 is 0 Å². The van der Waals surface area contributed by atoms with Crippen molar-refractivity contribution in [3.63, 3.8) is 0 Å². The zero-order valence-electron chi connectivity index (χ0n) is 13.3. The minimum absolute atomic E-state index is 0.0624. The summed E-state index contributed by atoms with van der Waals surface area (Å²) in [5.41, 5.74) is 9.45. The van der Waals surface area contributed by atoms with Crippen LogP contribution in [-0.4, -0.2) is 19.4 Å². The van der Waals surface area contributed by atoms with Crippen LogP contribution < -0.4 is 5.73 Å². The maximum Gasteiger partial charge on any atom is 0.155 e. The van der Waals surface area contributed by atoms with E-state index in [1.165, 1.54) is 5.56 Å². The van der Waals surface area contributed by atoms with Crippen molar-refractivity contribution in [1.82, 2.24) is 0 Å². The molecule has 0 spiro atoms. The number of benzene rings is 1. The van der Waals surface area contributed by atoms with Crippen LogP contribution in [0.2, 0.25) is 0 Å². The van der Waals surface area contributed by atoms with Gasteiger partial charge in [-0.05, 0) is 49.3 Å². The van der Waals surface area contributed by atoms with Crippen LogP contribution in [0.5, 0.6) is 0 Å². The summed E-state index contributed by atoms with van der Waals surface area (Å²) >= 11 is 0. The molecule has 1 aromatic carbocycles. The van der Waals surface area contributed by atoms with Crippen molar-refractivity contribution in [3.8, 4) is 0 Å². The van der Waals surface area contributed by atoms with Crippen LogP contribution in [0.1, 0.15) is 55.3 Å². The third-order valence-corrected chi connectivity index (χ3v) is 7.03. The van der Waals surface area contributed by atoms with Crippen LogP contribution in [0.25, 0.3) is 0 Å². The first-order valence-electron chi connectivity index (χ1n) is 7.84. The van der Waals surface area contributed by atoms with Crippen molar-refractivity contribution in [3.05, 3.63) is 34.9 Å². The van der Waals surface area contributed by atoms with Gasteiger partial charge < -0.3 is 5.73 Å². The van der Waals surface area contributed by atoms with E-state index in [-0.39, 0.29) is 11.0 Å². The molecule has 0 bridgehead atoms. The van der Waals surface area contributed by atoms with Crippen molar-refractivity contribution < 1.29 is 8.42 Å². The van der Waals surface area contributed by atoms with E-state index in [4.69, 9.17) is 5.73 Å². The molecular formula is C17H27NO2S. The molecule has 1 aromatic rings. The van der Waals surface area contributed by atoms with Gasteiger partial charge in [0.2, 0.25) is 0 Å². The predicted octanol–water partition coefficient (Wildman–Crippen LogP) is 3.30. The molecule has 0 saturated heterocycles. The summed E-state index contributed by atoms with van der Waals surface area (Å²) in [4.78, 5) is 0. The monoisotopic (exact) mass is 309 g/mol. The van der Waals surface area contributed by atoms with Crippen LogP contribution in [0.15, 0.2) is 18.2 Å². The van der Waals surface area contributed by atoms with E-state index in [1.807, 2.05) is 32.0 Å². The van der Waals surface area contributed by atoms with Crippen molar-refractivity contribution in [2.24, 2.45) is 11.7 Å². The highest BCUT2D eigenvalue weighted by molar-refractivity contribution is 7.92. The first-order chi connectivity index (χ1) is 9.79. The van der Waals surface area contributed by atoms with Crippen LogP contribution in [0.4, 0.5) is 0 Å². The molecule has 118 valence electrons. The SMILES string of the molecule is Cc1ccc(C(N)CS(=O)(=O)C2CCCC(C)C2)cc1C. The quantitative estimate of drug-likeness (QED) is 0.928. The maximum absolute atomic E-state index is 12.6. The summed E-state index contributed by atoms with van der Waals surface area (Å²) in [6.07, 6.45) is 3.76. The Labute approximate surface area is 128 Å². The van der Waals surface area contributed by atoms with Gasteiger partial charge in [0, 0.05) is 6.04 Å². The second-order valence-electron chi connectivity index (χ2n) is 6.67. The molecule has 4 heteroatoms. The Morgan fingerprint density at radius 2 is 1.95 bits per heavy atom. The van der Waals surface area contributed by atoms with E-state index >= 15 is 0 Å². The molecule has 1 saturated carbocycles. The number of aryl methyl sites for hydroxylation is 2. The average molecular weight is 309 g/mol. The van der Waals surface area contributed by atoms with Crippen molar-refractivity contribution >= 4 is 9.84 Å². The molecule has 0 amide bonds. The van der Waals surface area contributed by atoms with Crippen molar-refractivity contribution in [1.29, 1.82) is 0 Å². The van der Waals surface area contributed by atoms with Crippen LogP contribution in [0, 0.1) is 19.8 Å². The zero-order valence-corrected chi connectivity index (χ0v) is 14.1. The van der Waals surface area contributed by atoms with E-state index in [2.05, 4.69) is 6.92 Å². The third-order valence-electron chi connectivity index (χ3n) is 4.77. The minimum Gasteiger partial charge on any atom is -0.323 e. The first-order valence-corrected chi connectivity index (χ1v) is 9.55. The van der Waals surface area contributed by atoms with Crippen molar-refractivity contribution in [2.45, 2.75) is 57.7 Å². The Morgan fingerprint density at radius 1 is 1.24 bits per heavy atom. The number of hydrogen-bond acceptors (Lipinski definition) is 3. The fourth-order valence-corrected chi connectivity index (χ4v) is 5.30.